The Balaban J connectivity index is 1.35. The molecule has 1 aliphatic carbocycles. The first-order valence-corrected chi connectivity index (χ1v) is 8.70. The van der Waals surface area contributed by atoms with E-state index >= 15 is 0 Å². The number of nitrogens with zero attached hydrogens (tertiary/aromatic N) is 5. The van der Waals surface area contributed by atoms with Crippen molar-refractivity contribution in [2.24, 2.45) is 5.92 Å². The molecule has 0 radical (unpaired) electrons. The van der Waals surface area contributed by atoms with Crippen LogP contribution in [-0.4, -0.2) is 32.8 Å². The van der Waals surface area contributed by atoms with Gasteiger partial charge in [-0.3, -0.25) is 9.36 Å². The second-order valence-electron chi connectivity index (χ2n) is 6.20. The van der Waals surface area contributed by atoms with Crippen molar-refractivity contribution >= 4 is 16.5 Å². The van der Waals surface area contributed by atoms with Crippen LogP contribution in [0.3, 0.4) is 0 Å². The molecule has 0 N–H and O–H groups in total. The van der Waals surface area contributed by atoms with Gasteiger partial charge >= 0.3 is 0 Å². The van der Waals surface area contributed by atoms with Gasteiger partial charge in [0.05, 0.1) is 6.33 Å². The first kappa shape index (κ1) is 13.9. The van der Waals surface area contributed by atoms with E-state index in [-0.39, 0.29) is 5.56 Å². The van der Waals surface area contributed by atoms with Crippen LogP contribution in [0.25, 0.3) is 0 Å². The summed E-state index contributed by atoms with van der Waals surface area (Å²) >= 11 is 1.76. The van der Waals surface area contributed by atoms with Gasteiger partial charge in [-0.25, -0.2) is 4.98 Å². The molecular formula is C15H19N5OS. The molecule has 4 rings (SSSR count). The molecule has 6 nitrogen and oxygen atoms in total. The molecule has 0 unspecified atom stereocenters. The van der Waals surface area contributed by atoms with Crippen LogP contribution in [0, 0.1) is 5.92 Å². The standard InChI is InChI=1S/C15H19N5OS/c21-13-3-6-16-10-20(13)9-11-4-7-19(8-5-11)15-18-17-14(22-15)12-1-2-12/h3,6,10-12H,1-2,4-5,7-9H2. The summed E-state index contributed by atoms with van der Waals surface area (Å²) in [6, 6.07) is 1.52. The molecule has 22 heavy (non-hydrogen) atoms. The minimum Gasteiger partial charge on any atom is -0.347 e. The van der Waals surface area contributed by atoms with E-state index in [1.165, 1.54) is 23.9 Å². The molecule has 2 aromatic rings. The van der Waals surface area contributed by atoms with Crippen LogP contribution in [0.5, 0.6) is 0 Å². The van der Waals surface area contributed by atoms with Crippen molar-refractivity contribution in [3.05, 3.63) is 34.0 Å². The second kappa shape index (κ2) is 5.79. The van der Waals surface area contributed by atoms with Crippen LogP contribution < -0.4 is 10.5 Å². The third kappa shape index (κ3) is 2.90. The Kier molecular flexibility index (Phi) is 3.65. The lowest BCUT2D eigenvalue weighted by molar-refractivity contribution is 0.351. The summed E-state index contributed by atoms with van der Waals surface area (Å²) < 4.78 is 1.72. The number of hydrogen-bond donors (Lipinski definition) is 0. The van der Waals surface area contributed by atoms with Crippen molar-refractivity contribution in [1.29, 1.82) is 0 Å². The fourth-order valence-electron chi connectivity index (χ4n) is 2.95. The number of piperidine rings is 1. The monoisotopic (exact) mass is 317 g/mol. The van der Waals surface area contributed by atoms with Crippen molar-refractivity contribution in [1.82, 2.24) is 19.7 Å². The summed E-state index contributed by atoms with van der Waals surface area (Å²) in [4.78, 5) is 18.1. The maximum absolute atomic E-state index is 11.7. The highest BCUT2D eigenvalue weighted by molar-refractivity contribution is 7.15. The second-order valence-corrected chi connectivity index (χ2v) is 7.19. The Bertz CT molecular complexity index is 700. The molecule has 0 atom stereocenters. The summed E-state index contributed by atoms with van der Waals surface area (Å²) in [6.45, 7) is 2.77. The van der Waals surface area contributed by atoms with Gasteiger partial charge in [-0.1, -0.05) is 11.3 Å². The Labute approximate surface area is 132 Å². The van der Waals surface area contributed by atoms with Gasteiger partial charge in [-0.05, 0) is 31.6 Å². The number of anilines is 1. The van der Waals surface area contributed by atoms with Crippen LogP contribution in [0.1, 0.15) is 36.6 Å². The predicted octanol–water partition coefficient (Wildman–Crippen LogP) is 1.89. The molecular weight excluding hydrogens is 298 g/mol. The van der Waals surface area contributed by atoms with E-state index in [4.69, 9.17) is 0 Å². The summed E-state index contributed by atoms with van der Waals surface area (Å²) in [7, 11) is 0. The zero-order valence-corrected chi connectivity index (χ0v) is 13.2. The maximum atomic E-state index is 11.7. The summed E-state index contributed by atoms with van der Waals surface area (Å²) in [5.41, 5.74) is 0.0376. The fraction of sp³-hybridized carbons (Fsp3) is 0.600. The first-order valence-electron chi connectivity index (χ1n) is 7.88. The number of hydrogen-bond acceptors (Lipinski definition) is 6. The lowest BCUT2D eigenvalue weighted by Gasteiger charge is -2.31. The van der Waals surface area contributed by atoms with Crippen molar-refractivity contribution in [3.8, 4) is 0 Å². The van der Waals surface area contributed by atoms with Crippen LogP contribution in [0.4, 0.5) is 5.13 Å². The van der Waals surface area contributed by atoms with E-state index in [0.717, 1.165) is 37.6 Å². The Morgan fingerprint density at radius 3 is 2.73 bits per heavy atom. The smallest absolute Gasteiger partial charge is 0.253 e. The average Bonchev–Trinajstić information content (AvgIpc) is 3.28. The quantitative estimate of drug-likeness (QED) is 0.861. The largest absolute Gasteiger partial charge is 0.347 e. The average molecular weight is 317 g/mol. The molecule has 0 bridgehead atoms. The van der Waals surface area contributed by atoms with Crippen LogP contribution in [0.2, 0.25) is 0 Å². The van der Waals surface area contributed by atoms with Gasteiger partial charge in [0.1, 0.15) is 5.01 Å². The van der Waals surface area contributed by atoms with E-state index in [0.29, 0.717) is 11.8 Å². The van der Waals surface area contributed by atoms with E-state index in [9.17, 15) is 4.79 Å². The van der Waals surface area contributed by atoms with Gasteiger partial charge in [0.25, 0.3) is 5.56 Å². The van der Waals surface area contributed by atoms with Gasteiger partial charge in [0.15, 0.2) is 0 Å². The van der Waals surface area contributed by atoms with Crippen molar-refractivity contribution in [2.45, 2.75) is 38.1 Å². The molecule has 0 aromatic carbocycles. The van der Waals surface area contributed by atoms with Gasteiger partial charge in [-0.15, -0.1) is 10.2 Å². The van der Waals surface area contributed by atoms with Crippen molar-refractivity contribution in [2.75, 3.05) is 18.0 Å². The molecule has 3 heterocycles. The molecule has 2 aliphatic rings. The highest BCUT2D eigenvalue weighted by Crippen LogP contribution is 2.42. The van der Waals surface area contributed by atoms with Crippen molar-refractivity contribution < 1.29 is 0 Å². The Morgan fingerprint density at radius 1 is 1.18 bits per heavy atom. The molecule has 2 fully saturated rings. The number of rotatable bonds is 4. The lowest BCUT2D eigenvalue weighted by Crippen LogP contribution is -2.36. The van der Waals surface area contributed by atoms with Crippen LogP contribution in [-0.2, 0) is 6.54 Å². The molecule has 2 aromatic heterocycles. The zero-order valence-electron chi connectivity index (χ0n) is 12.4. The van der Waals surface area contributed by atoms with E-state index in [1.807, 2.05) is 0 Å². The third-order valence-electron chi connectivity index (χ3n) is 4.49. The highest BCUT2D eigenvalue weighted by atomic mass is 32.1. The summed E-state index contributed by atoms with van der Waals surface area (Å²) in [5, 5.41) is 11.0. The maximum Gasteiger partial charge on any atom is 0.253 e. The molecule has 7 heteroatoms. The lowest BCUT2D eigenvalue weighted by atomic mass is 9.97. The van der Waals surface area contributed by atoms with E-state index < -0.39 is 0 Å². The molecule has 0 amide bonds. The van der Waals surface area contributed by atoms with Crippen molar-refractivity contribution in [3.63, 3.8) is 0 Å². The molecule has 116 valence electrons. The summed E-state index contributed by atoms with van der Waals surface area (Å²) in [6.07, 6.45) is 7.90. The Hall–Kier alpha value is -1.76. The van der Waals surface area contributed by atoms with Gasteiger partial charge in [0, 0.05) is 37.8 Å². The zero-order chi connectivity index (χ0) is 14.9. The SMILES string of the molecule is O=c1ccncn1CC1CCN(c2nnc(C3CC3)s2)CC1. The summed E-state index contributed by atoms with van der Waals surface area (Å²) in [5.74, 6) is 1.22. The number of aromatic nitrogens is 4. The molecule has 0 spiro atoms. The molecule has 1 aliphatic heterocycles. The fourth-order valence-corrected chi connectivity index (χ4v) is 4.01. The van der Waals surface area contributed by atoms with Gasteiger partial charge in [0.2, 0.25) is 5.13 Å². The molecule has 1 saturated carbocycles. The molecule has 1 saturated heterocycles. The van der Waals surface area contributed by atoms with E-state index in [1.54, 1.807) is 28.4 Å². The third-order valence-corrected chi connectivity index (χ3v) is 5.64. The Morgan fingerprint density at radius 2 is 2.00 bits per heavy atom. The first-order chi connectivity index (χ1) is 10.8. The highest BCUT2D eigenvalue weighted by Gasteiger charge is 2.29. The van der Waals surface area contributed by atoms with Gasteiger partial charge < -0.3 is 4.90 Å². The normalized spacial score (nSPS) is 19.5. The predicted molar refractivity (Wildman–Crippen MR) is 85.3 cm³/mol. The van der Waals surface area contributed by atoms with E-state index in [2.05, 4.69) is 20.1 Å². The van der Waals surface area contributed by atoms with Crippen LogP contribution >= 0.6 is 11.3 Å². The van der Waals surface area contributed by atoms with Gasteiger partial charge in [-0.2, -0.15) is 0 Å². The minimum atomic E-state index is 0.0376. The minimum absolute atomic E-state index is 0.0376. The topological polar surface area (TPSA) is 63.9 Å². The van der Waals surface area contributed by atoms with Crippen LogP contribution in [0.15, 0.2) is 23.4 Å².